The second kappa shape index (κ2) is 7.55. The van der Waals surface area contributed by atoms with E-state index in [2.05, 4.69) is 22.5 Å². The van der Waals surface area contributed by atoms with Crippen molar-refractivity contribution in [2.24, 2.45) is 0 Å². The summed E-state index contributed by atoms with van der Waals surface area (Å²) in [5.41, 5.74) is 2.57. The lowest BCUT2D eigenvalue weighted by atomic mass is 10.2. The van der Waals surface area contributed by atoms with Crippen molar-refractivity contribution in [3.63, 3.8) is 0 Å². The summed E-state index contributed by atoms with van der Waals surface area (Å²) in [4.78, 5) is 14.3. The van der Waals surface area contributed by atoms with E-state index in [4.69, 9.17) is 16.3 Å². The Hall–Kier alpha value is -2.24. The highest BCUT2D eigenvalue weighted by Gasteiger charge is 2.16. The Balaban J connectivity index is 1.57. The minimum absolute atomic E-state index is 0.238. The molecule has 5 nitrogen and oxygen atoms in total. The Kier molecular flexibility index (Phi) is 5.23. The van der Waals surface area contributed by atoms with Crippen LogP contribution in [0.1, 0.15) is 6.92 Å². The van der Waals surface area contributed by atoms with Crippen LogP contribution in [-0.4, -0.2) is 31.8 Å². The molecule has 0 radical (unpaired) electrons. The third kappa shape index (κ3) is 4.40. The number of nitrogens with one attached hydrogen (secondary N) is 2. The van der Waals surface area contributed by atoms with E-state index in [0.717, 1.165) is 31.1 Å². The Morgan fingerprint density at radius 1 is 1.08 bits per heavy atom. The molecule has 6 heteroatoms. The van der Waals surface area contributed by atoms with E-state index >= 15 is 0 Å². The molecule has 1 heterocycles. The Bertz CT molecular complexity index is 688. The van der Waals surface area contributed by atoms with Gasteiger partial charge in [-0.15, -0.1) is 0 Å². The summed E-state index contributed by atoms with van der Waals surface area (Å²) in [5, 5.41) is 6.22. The molecule has 1 atom stereocenters. The molecule has 0 aromatic heterocycles. The van der Waals surface area contributed by atoms with Gasteiger partial charge in [0.05, 0.1) is 12.7 Å². The minimum atomic E-state index is -0.287. The lowest BCUT2D eigenvalue weighted by Crippen LogP contribution is -2.41. The van der Waals surface area contributed by atoms with Crippen molar-refractivity contribution in [1.82, 2.24) is 0 Å². The van der Waals surface area contributed by atoms with Gasteiger partial charge in [-0.05, 0) is 55.5 Å². The van der Waals surface area contributed by atoms with Gasteiger partial charge in [0.1, 0.15) is 0 Å². The summed E-state index contributed by atoms with van der Waals surface area (Å²) < 4.78 is 5.55. The molecule has 1 aliphatic heterocycles. The zero-order chi connectivity index (χ0) is 16.9. The van der Waals surface area contributed by atoms with Crippen LogP contribution in [0.5, 0.6) is 0 Å². The highest BCUT2D eigenvalue weighted by molar-refractivity contribution is 6.30. The number of nitrogens with zero attached hydrogens (tertiary/aromatic N) is 1. The molecule has 0 aliphatic carbocycles. The average molecular weight is 346 g/mol. The maximum atomic E-state index is 12.0. The van der Waals surface area contributed by atoms with Gasteiger partial charge in [-0.2, -0.15) is 0 Å². The molecule has 2 aromatic rings. The molecule has 3 rings (SSSR count). The molecular formula is C18H20ClN3O2. The van der Waals surface area contributed by atoms with E-state index in [1.54, 1.807) is 24.3 Å². The van der Waals surface area contributed by atoms with Gasteiger partial charge in [-0.25, -0.2) is 4.79 Å². The Morgan fingerprint density at radius 2 is 1.67 bits per heavy atom. The molecular weight excluding hydrogens is 326 g/mol. The summed E-state index contributed by atoms with van der Waals surface area (Å²) in [6.45, 7) is 4.58. The molecule has 2 aromatic carbocycles. The van der Waals surface area contributed by atoms with Crippen molar-refractivity contribution in [3.8, 4) is 0 Å². The van der Waals surface area contributed by atoms with E-state index < -0.39 is 0 Å². The normalized spacial score (nSPS) is 17.4. The summed E-state index contributed by atoms with van der Waals surface area (Å²) in [5.74, 6) is 0. The second-order valence-electron chi connectivity index (χ2n) is 5.76. The fraction of sp³-hybridized carbons (Fsp3) is 0.278. The quantitative estimate of drug-likeness (QED) is 0.876. The van der Waals surface area contributed by atoms with Gasteiger partial charge >= 0.3 is 6.03 Å². The predicted molar refractivity (Wildman–Crippen MR) is 98.2 cm³/mol. The molecule has 0 spiro atoms. The highest BCUT2D eigenvalue weighted by atomic mass is 35.5. The van der Waals surface area contributed by atoms with Crippen molar-refractivity contribution < 1.29 is 9.53 Å². The second-order valence-corrected chi connectivity index (χ2v) is 6.20. The molecule has 2 N–H and O–H groups in total. The number of hydrogen-bond donors (Lipinski definition) is 2. The van der Waals surface area contributed by atoms with Crippen molar-refractivity contribution in [2.75, 3.05) is 35.2 Å². The van der Waals surface area contributed by atoms with E-state index in [1.807, 2.05) is 24.3 Å². The molecule has 1 aliphatic rings. The van der Waals surface area contributed by atoms with E-state index in [1.165, 1.54) is 0 Å². The fourth-order valence-corrected chi connectivity index (χ4v) is 2.76. The van der Waals surface area contributed by atoms with E-state index in [9.17, 15) is 4.79 Å². The maximum Gasteiger partial charge on any atom is 0.323 e. The SMILES string of the molecule is CC1CN(c2ccc(NC(=O)Nc3ccc(Cl)cc3)cc2)CCO1. The number of morpholine rings is 1. The summed E-state index contributed by atoms with van der Waals surface area (Å²) in [6, 6.07) is 14.5. The third-order valence-corrected chi connectivity index (χ3v) is 4.09. The van der Waals surface area contributed by atoms with Crippen LogP contribution in [0.4, 0.5) is 21.9 Å². The van der Waals surface area contributed by atoms with Gasteiger partial charge in [-0.1, -0.05) is 11.6 Å². The summed E-state index contributed by atoms with van der Waals surface area (Å²) in [6.07, 6.45) is 0.238. The summed E-state index contributed by atoms with van der Waals surface area (Å²) >= 11 is 5.83. The van der Waals surface area contributed by atoms with Gasteiger partial charge in [0.2, 0.25) is 0 Å². The van der Waals surface area contributed by atoms with Crippen LogP contribution >= 0.6 is 11.6 Å². The molecule has 126 valence electrons. The van der Waals surface area contributed by atoms with Crippen molar-refractivity contribution in [1.29, 1.82) is 0 Å². The standard InChI is InChI=1S/C18H20ClN3O2/c1-13-12-22(10-11-24-13)17-8-6-16(7-9-17)21-18(23)20-15-4-2-14(19)3-5-15/h2-9,13H,10-12H2,1H3,(H2,20,21,23). The lowest BCUT2D eigenvalue weighted by Gasteiger charge is -2.33. The first-order valence-corrected chi connectivity index (χ1v) is 8.28. The van der Waals surface area contributed by atoms with Crippen LogP contribution in [0.3, 0.4) is 0 Å². The van der Waals surface area contributed by atoms with Crippen LogP contribution in [-0.2, 0) is 4.74 Å². The lowest BCUT2D eigenvalue weighted by molar-refractivity contribution is 0.0532. The first kappa shape index (κ1) is 16.6. The topological polar surface area (TPSA) is 53.6 Å². The first-order valence-electron chi connectivity index (χ1n) is 7.90. The van der Waals surface area contributed by atoms with Gasteiger partial charge in [0.15, 0.2) is 0 Å². The van der Waals surface area contributed by atoms with Gasteiger partial charge < -0.3 is 20.3 Å². The van der Waals surface area contributed by atoms with Crippen molar-refractivity contribution in [3.05, 3.63) is 53.6 Å². The Morgan fingerprint density at radius 3 is 2.25 bits per heavy atom. The molecule has 1 unspecified atom stereocenters. The number of urea groups is 1. The monoisotopic (exact) mass is 345 g/mol. The van der Waals surface area contributed by atoms with Gasteiger partial charge in [0, 0.05) is 35.2 Å². The number of amides is 2. The smallest absolute Gasteiger partial charge is 0.323 e. The number of halogens is 1. The van der Waals surface area contributed by atoms with Gasteiger partial charge in [-0.3, -0.25) is 0 Å². The molecule has 0 bridgehead atoms. The Labute approximate surface area is 146 Å². The molecule has 2 amide bonds. The van der Waals surface area contributed by atoms with Crippen LogP contribution < -0.4 is 15.5 Å². The van der Waals surface area contributed by atoms with Crippen LogP contribution in [0, 0.1) is 0 Å². The number of benzene rings is 2. The van der Waals surface area contributed by atoms with Crippen LogP contribution in [0.2, 0.25) is 5.02 Å². The van der Waals surface area contributed by atoms with Gasteiger partial charge in [0.25, 0.3) is 0 Å². The van der Waals surface area contributed by atoms with Crippen molar-refractivity contribution in [2.45, 2.75) is 13.0 Å². The average Bonchev–Trinajstić information content (AvgIpc) is 2.58. The zero-order valence-electron chi connectivity index (χ0n) is 13.5. The molecule has 0 saturated carbocycles. The largest absolute Gasteiger partial charge is 0.375 e. The highest BCUT2D eigenvalue weighted by Crippen LogP contribution is 2.21. The number of hydrogen-bond acceptors (Lipinski definition) is 3. The molecule has 24 heavy (non-hydrogen) atoms. The summed E-state index contributed by atoms with van der Waals surface area (Å²) in [7, 11) is 0. The first-order chi connectivity index (χ1) is 11.6. The molecule has 1 fully saturated rings. The van der Waals surface area contributed by atoms with Crippen LogP contribution in [0.15, 0.2) is 48.5 Å². The third-order valence-electron chi connectivity index (χ3n) is 3.83. The fourth-order valence-electron chi connectivity index (χ4n) is 2.64. The maximum absolute atomic E-state index is 12.0. The van der Waals surface area contributed by atoms with Crippen molar-refractivity contribution >= 4 is 34.7 Å². The number of ether oxygens (including phenoxy) is 1. The number of rotatable bonds is 3. The van der Waals surface area contributed by atoms with Crippen LogP contribution in [0.25, 0.3) is 0 Å². The van der Waals surface area contributed by atoms with E-state index in [0.29, 0.717) is 10.7 Å². The number of anilines is 3. The minimum Gasteiger partial charge on any atom is -0.375 e. The molecule has 1 saturated heterocycles. The number of carbonyl (C=O) groups is 1. The van der Waals surface area contributed by atoms with E-state index in [-0.39, 0.29) is 12.1 Å². The number of carbonyl (C=O) groups excluding carboxylic acids is 1. The predicted octanol–water partition coefficient (Wildman–Crippen LogP) is 4.21. The zero-order valence-corrected chi connectivity index (χ0v) is 14.2.